The summed E-state index contributed by atoms with van der Waals surface area (Å²) in [7, 11) is 1.57. The van der Waals surface area contributed by atoms with Gasteiger partial charge in [-0.25, -0.2) is 4.98 Å². The van der Waals surface area contributed by atoms with Crippen LogP contribution in [-0.4, -0.2) is 24.5 Å². The zero-order valence-electron chi connectivity index (χ0n) is 11.8. The monoisotopic (exact) mass is 291 g/mol. The average molecular weight is 291 g/mol. The van der Waals surface area contributed by atoms with Crippen molar-refractivity contribution >= 4 is 17.1 Å². The topological polar surface area (TPSA) is 48.4 Å². The SMILES string of the molecule is COc1cc(C(C)=O)ccc1OCCc1scnc1C. The normalized spacial score (nSPS) is 10.3. The van der Waals surface area contributed by atoms with E-state index in [0.717, 1.165) is 12.1 Å². The van der Waals surface area contributed by atoms with Crippen LogP contribution in [-0.2, 0) is 6.42 Å². The highest BCUT2D eigenvalue weighted by Crippen LogP contribution is 2.28. The summed E-state index contributed by atoms with van der Waals surface area (Å²) in [5.41, 5.74) is 3.51. The van der Waals surface area contributed by atoms with Crippen LogP contribution in [0.4, 0.5) is 0 Å². The van der Waals surface area contributed by atoms with Crippen LogP contribution in [0.25, 0.3) is 0 Å². The summed E-state index contributed by atoms with van der Waals surface area (Å²) in [6.07, 6.45) is 0.814. The first-order valence-electron chi connectivity index (χ1n) is 6.32. The van der Waals surface area contributed by atoms with Crippen LogP contribution in [0, 0.1) is 6.92 Å². The highest BCUT2D eigenvalue weighted by atomic mass is 32.1. The molecular weight excluding hydrogens is 274 g/mol. The second kappa shape index (κ2) is 6.52. The molecule has 0 saturated carbocycles. The first-order chi connectivity index (χ1) is 9.61. The average Bonchev–Trinajstić information content (AvgIpc) is 2.84. The summed E-state index contributed by atoms with van der Waals surface area (Å²) in [6, 6.07) is 5.23. The molecule has 0 fully saturated rings. The molecule has 1 aromatic carbocycles. The number of aryl methyl sites for hydroxylation is 1. The fraction of sp³-hybridized carbons (Fsp3) is 0.333. The molecule has 5 heteroatoms. The standard InChI is InChI=1S/C15H17NO3S/c1-10-15(20-9-16-10)6-7-19-13-5-4-12(11(2)17)8-14(13)18-3/h4-5,8-9H,6-7H2,1-3H3. The predicted octanol–water partition coefficient (Wildman–Crippen LogP) is 3.28. The van der Waals surface area contributed by atoms with Gasteiger partial charge >= 0.3 is 0 Å². The number of ether oxygens (including phenoxy) is 2. The fourth-order valence-corrected chi connectivity index (χ4v) is 2.59. The number of ketones is 1. The van der Waals surface area contributed by atoms with Crippen molar-refractivity contribution in [2.75, 3.05) is 13.7 Å². The van der Waals surface area contributed by atoms with Gasteiger partial charge in [-0.3, -0.25) is 4.79 Å². The second-order valence-electron chi connectivity index (χ2n) is 4.38. The van der Waals surface area contributed by atoms with E-state index in [0.29, 0.717) is 23.7 Å². The van der Waals surface area contributed by atoms with Crippen LogP contribution in [0.5, 0.6) is 11.5 Å². The summed E-state index contributed by atoms with van der Waals surface area (Å²) in [5.74, 6) is 1.24. The van der Waals surface area contributed by atoms with Gasteiger partial charge in [0.05, 0.1) is 24.9 Å². The number of Topliss-reactive ketones (excluding diaryl/α,β-unsaturated/α-hetero) is 1. The molecule has 0 amide bonds. The Bertz CT molecular complexity index is 607. The Kier molecular flexibility index (Phi) is 4.74. The molecule has 0 aliphatic carbocycles. The Morgan fingerprint density at radius 1 is 1.35 bits per heavy atom. The second-order valence-corrected chi connectivity index (χ2v) is 5.32. The molecule has 0 N–H and O–H groups in total. The fourth-order valence-electron chi connectivity index (χ4n) is 1.83. The van der Waals surface area contributed by atoms with E-state index in [2.05, 4.69) is 4.98 Å². The number of benzene rings is 1. The molecule has 1 aromatic heterocycles. The van der Waals surface area contributed by atoms with Gasteiger partial charge in [-0.2, -0.15) is 0 Å². The zero-order valence-corrected chi connectivity index (χ0v) is 12.6. The highest BCUT2D eigenvalue weighted by Gasteiger charge is 2.09. The lowest BCUT2D eigenvalue weighted by molar-refractivity contribution is 0.101. The maximum atomic E-state index is 11.3. The van der Waals surface area contributed by atoms with E-state index in [1.807, 2.05) is 12.4 Å². The van der Waals surface area contributed by atoms with Gasteiger partial charge in [-0.1, -0.05) is 0 Å². The Morgan fingerprint density at radius 2 is 2.15 bits per heavy atom. The minimum atomic E-state index is 0.00938. The lowest BCUT2D eigenvalue weighted by Crippen LogP contribution is -2.03. The van der Waals surface area contributed by atoms with Crippen LogP contribution in [0.3, 0.4) is 0 Å². The lowest BCUT2D eigenvalue weighted by atomic mass is 10.1. The van der Waals surface area contributed by atoms with Crippen molar-refractivity contribution in [3.05, 3.63) is 39.8 Å². The summed E-state index contributed by atoms with van der Waals surface area (Å²) in [6.45, 7) is 4.08. The van der Waals surface area contributed by atoms with E-state index in [-0.39, 0.29) is 5.78 Å². The quantitative estimate of drug-likeness (QED) is 0.766. The van der Waals surface area contributed by atoms with Crippen molar-refractivity contribution in [3.8, 4) is 11.5 Å². The number of hydrogen-bond acceptors (Lipinski definition) is 5. The first kappa shape index (κ1) is 14.5. The van der Waals surface area contributed by atoms with Gasteiger partial charge in [-0.15, -0.1) is 11.3 Å². The molecule has 2 rings (SSSR count). The number of nitrogens with zero attached hydrogens (tertiary/aromatic N) is 1. The number of methoxy groups -OCH3 is 1. The summed E-state index contributed by atoms with van der Waals surface area (Å²) in [5, 5.41) is 0. The minimum absolute atomic E-state index is 0.00938. The van der Waals surface area contributed by atoms with Crippen LogP contribution >= 0.6 is 11.3 Å². The van der Waals surface area contributed by atoms with Gasteiger partial charge in [0.1, 0.15) is 0 Å². The molecule has 106 valence electrons. The maximum absolute atomic E-state index is 11.3. The minimum Gasteiger partial charge on any atom is -0.493 e. The molecule has 0 aliphatic rings. The molecule has 0 saturated heterocycles. The number of hydrogen-bond donors (Lipinski definition) is 0. The van der Waals surface area contributed by atoms with Crippen molar-refractivity contribution < 1.29 is 14.3 Å². The van der Waals surface area contributed by atoms with E-state index < -0.39 is 0 Å². The number of rotatable bonds is 6. The Labute approximate surface area is 122 Å². The van der Waals surface area contributed by atoms with Crippen molar-refractivity contribution in [3.63, 3.8) is 0 Å². The van der Waals surface area contributed by atoms with E-state index in [4.69, 9.17) is 9.47 Å². The van der Waals surface area contributed by atoms with Crippen molar-refractivity contribution in [2.45, 2.75) is 20.3 Å². The first-order valence-corrected chi connectivity index (χ1v) is 7.20. The molecule has 2 aromatic rings. The van der Waals surface area contributed by atoms with Gasteiger partial charge in [0.15, 0.2) is 17.3 Å². The number of aromatic nitrogens is 1. The Hall–Kier alpha value is -1.88. The Morgan fingerprint density at radius 3 is 2.75 bits per heavy atom. The van der Waals surface area contributed by atoms with E-state index in [1.165, 1.54) is 11.8 Å². The number of carbonyl (C=O) groups excluding carboxylic acids is 1. The smallest absolute Gasteiger partial charge is 0.161 e. The highest BCUT2D eigenvalue weighted by molar-refractivity contribution is 7.09. The van der Waals surface area contributed by atoms with Crippen molar-refractivity contribution in [2.24, 2.45) is 0 Å². The lowest BCUT2D eigenvalue weighted by Gasteiger charge is -2.11. The summed E-state index contributed by atoms with van der Waals surface area (Å²) in [4.78, 5) is 16.8. The third-order valence-electron chi connectivity index (χ3n) is 3.00. The summed E-state index contributed by atoms with van der Waals surface area (Å²) >= 11 is 1.63. The molecule has 0 bridgehead atoms. The van der Waals surface area contributed by atoms with Crippen molar-refractivity contribution in [1.29, 1.82) is 0 Å². The van der Waals surface area contributed by atoms with Crippen LogP contribution in [0.1, 0.15) is 27.9 Å². The molecule has 0 spiro atoms. The maximum Gasteiger partial charge on any atom is 0.161 e. The van der Waals surface area contributed by atoms with Crippen LogP contribution < -0.4 is 9.47 Å². The molecule has 0 aliphatic heterocycles. The number of carbonyl (C=O) groups is 1. The molecule has 0 unspecified atom stereocenters. The molecular formula is C15H17NO3S. The Balaban J connectivity index is 2.02. The van der Waals surface area contributed by atoms with Crippen LogP contribution in [0.2, 0.25) is 0 Å². The largest absolute Gasteiger partial charge is 0.493 e. The zero-order chi connectivity index (χ0) is 14.5. The van der Waals surface area contributed by atoms with Gasteiger partial charge in [0.2, 0.25) is 0 Å². The number of thiazole rings is 1. The molecule has 1 heterocycles. The van der Waals surface area contributed by atoms with Crippen LogP contribution in [0.15, 0.2) is 23.7 Å². The van der Waals surface area contributed by atoms with E-state index >= 15 is 0 Å². The van der Waals surface area contributed by atoms with E-state index in [9.17, 15) is 4.79 Å². The molecule has 20 heavy (non-hydrogen) atoms. The van der Waals surface area contributed by atoms with E-state index in [1.54, 1.807) is 36.6 Å². The third-order valence-corrected chi connectivity index (χ3v) is 4.00. The molecule has 0 radical (unpaired) electrons. The van der Waals surface area contributed by atoms with Gasteiger partial charge in [0.25, 0.3) is 0 Å². The van der Waals surface area contributed by atoms with Gasteiger partial charge in [0, 0.05) is 16.9 Å². The van der Waals surface area contributed by atoms with Gasteiger partial charge in [-0.05, 0) is 32.0 Å². The van der Waals surface area contributed by atoms with Gasteiger partial charge < -0.3 is 9.47 Å². The predicted molar refractivity (Wildman–Crippen MR) is 79.0 cm³/mol. The summed E-state index contributed by atoms with van der Waals surface area (Å²) < 4.78 is 11.0. The third kappa shape index (κ3) is 3.36. The van der Waals surface area contributed by atoms with Crippen molar-refractivity contribution in [1.82, 2.24) is 4.98 Å². The molecule has 4 nitrogen and oxygen atoms in total. The molecule has 0 atom stereocenters.